The molecule has 0 amide bonds. The second-order valence-electron chi connectivity index (χ2n) is 4.98. The van der Waals surface area contributed by atoms with Crippen LogP contribution in [0.25, 0.3) is 0 Å². The fourth-order valence-corrected chi connectivity index (χ4v) is 2.47. The Morgan fingerprint density at radius 1 is 1.18 bits per heavy atom. The molecule has 0 saturated heterocycles. The third kappa shape index (κ3) is 4.95. The molecule has 0 bridgehead atoms. The highest BCUT2D eigenvalue weighted by molar-refractivity contribution is 7.96. The lowest BCUT2D eigenvalue weighted by Gasteiger charge is -2.28. The molecule has 22 heavy (non-hydrogen) atoms. The predicted octanol–water partition coefficient (Wildman–Crippen LogP) is 1.43. The van der Waals surface area contributed by atoms with Crippen LogP contribution in [-0.2, 0) is 18.9 Å². The number of rotatable bonds is 7. The zero-order valence-electron chi connectivity index (χ0n) is 11.3. The zero-order valence-corrected chi connectivity index (χ0v) is 12.1. The van der Waals surface area contributed by atoms with Crippen molar-refractivity contribution < 1.29 is 46.8 Å². The van der Waals surface area contributed by atoms with E-state index in [2.05, 4.69) is 14.1 Å². The Bertz CT molecular complexity index is 361. The van der Waals surface area contributed by atoms with Gasteiger partial charge in [0.15, 0.2) is 0 Å². The zero-order chi connectivity index (χ0) is 16.8. The summed E-state index contributed by atoms with van der Waals surface area (Å²) in [5, 5.41) is 16.6. The number of esters is 1. The minimum Gasteiger partial charge on any atom is -0.691 e. The van der Waals surface area contributed by atoms with Gasteiger partial charge in [0.2, 0.25) is 0 Å². The first-order valence-electron chi connectivity index (χ1n) is 6.42. The molecule has 6 nitrogen and oxygen atoms in total. The average molecular weight is 351 g/mol. The van der Waals surface area contributed by atoms with Crippen LogP contribution in [0.4, 0.5) is 17.6 Å². The van der Waals surface area contributed by atoms with Gasteiger partial charge in [-0.1, -0.05) is 0 Å². The van der Waals surface area contributed by atoms with Crippen LogP contribution in [0.5, 0.6) is 0 Å². The van der Waals surface area contributed by atoms with Crippen LogP contribution >= 0.6 is 12.0 Å². The number of aliphatic hydroxyl groups excluding tert-OH is 1. The summed E-state index contributed by atoms with van der Waals surface area (Å²) >= 11 is -1.10. The molecule has 1 atom stereocenters. The summed E-state index contributed by atoms with van der Waals surface area (Å²) in [6.07, 6.45) is -3.22. The third-order valence-electron chi connectivity index (χ3n) is 3.48. The van der Waals surface area contributed by atoms with Crippen molar-refractivity contribution in [3.63, 3.8) is 0 Å². The summed E-state index contributed by atoms with van der Waals surface area (Å²) in [6, 6.07) is 0. The smallest absolute Gasteiger partial charge is 0.446 e. The quantitative estimate of drug-likeness (QED) is 0.244. The van der Waals surface area contributed by atoms with Crippen molar-refractivity contribution in [2.24, 2.45) is 11.8 Å². The fraction of sp³-hybridized carbons (Fsp3) is 0.909. The van der Waals surface area contributed by atoms with E-state index < -0.39 is 29.2 Å². The standard InChI is InChI=1S/C11H16F4O6S/c12-10(11(13,14)15,22-21-20-18)9(17)19-6-8-3-1-7(5-16)2-4-8/h7-8,16,18H,1-6H2/p-1. The molecule has 1 fully saturated rings. The van der Waals surface area contributed by atoms with E-state index in [1.807, 2.05) is 0 Å². The molecule has 1 rings (SSSR count). The van der Waals surface area contributed by atoms with Gasteiger partial charge in [0, 0.05) is 6.61 Å². The second-order valence-corrected chi connectivity index (χ2v) is 5.85. The number of halogens is 4. The van der Waals surface area contributed by atoms with Gasteiger partial charge >= 0.3 is 17.1 Å². The Morgan fingerprint density at radius 2 is 1.73 bits per heavy atom. The molecule has 0 aromatic heterocycles. The van der Waals surface area contributed by atoms with Crippen molar-refractivity contribution in [3.8, 4) is 0 Å². The third-order valence-corrected chi connectivity index (χ3v) is 4.23. The Hall–Kier alpha value is -0.620. The van der Waals surface area contributed by atoms with Gasteiger partial charge in [-0.3, -0.25) is 5.04 Å². The van der Waals surface area contributed by atoms with Gasteiger partial charge in [-0.05, 0) is 37.5 Å². The van der Waals surface area contributed by atoms with E-state index >= 15 is 0 Å². The van der Waals surface area contributed by atoms with Crippen molar-refractivity contribution in [1.29, 1.82) is 0 Å². The summed E-state index contributed by atoms with van der Waals surface area (Å²) in [4.78, 5) is 11.4. The predicted molar refractivity (Wildman–Crippen MR) is 63.1 cm³/mol. The first-order valence-corrected chi connectivity index (χ1v) is 7.16. The lowest BCUT2D eigenvalue weighted by molar-refractivity contribution is -0.777. The molecule has 0 aliphatic heterocycles. The van der Waals surface area contributed by atoms with Crippen LogP contribution in [0, 0.1) is 11.8 Å². The van der Waals surface area contributed by atoms with Gasteiger partial charge in [0.05, 0.1) is 18.6 Å². The number of alkyl halides is 4. The van der Waals surface area contributed by atoms with Gasteiger partial charge in [0.25, 0.3) is 0 Å². The monoisotopic (exact) mass is 351 g/mol. The first-order chi connectivity index (χ1) is 10.2. The van der Waals surface area contributed by atoms with Crippen molar-refractivity contribution in [2.45, 2.75) is 36.9 Å². The molecule has 0 spiro atoms. The molecular weight excluding hydrogens is 336 g/mol. The Labute approximate surface area is 127 Å². The molecular formula is C11H15F4O6S-. The molecule has 1 N–H and O–H groups in total. The van der Waals surface area contributed by atoms with E-state index in [0.29, 0.717) is 25.7 Å². The lowest BCUT2D eigenvalue weighted by Crippen LogP contribution is -2.47. The van der Waals surface area contributed by atoms with E-state index in [4.69, 9.17) is 5.11 Å². The van der Waals surface area contributed by atoms with Crippen LogP contribution < -0.4 is 5.26 Å². The highest BCUT2D eigenvalue weighted by Crippen LogP contribution is 2.44. The maximum absolute atomic E-state index is 13.7. The molecule has 1 aliphatic rings. The normalized spacial score (nSPS) is 25.5. The van der Waals surface area contributed by atoms with Crippen LogP contribution in [0.1, 0.15) is 25.7 Å². The molecule has 0 aromatic rings. The van der Waals surface area contributed by atoms with E-state index in [-0.39, 0.29) is 25.0 Å². The van der Waals surface area contributed by atoms with E-state index in [1.54, 1.807) is 0 Å². The Balaban J connectivity index is 2.54. The van der Waals surface area contributed by atoms with Gasteiger partial charge in [-0.15, -0.1) is 0 Å². The van der Waals surface area contributed by atoms with Crippen LogP contribution in [0.2, 0.25) is 0 Å². The molecule has 1 unspecified atom stereocenters. The van der Waals surface area contributed by atoms with Gasteiger partial charge < -0.3 is 15.1 Å². The first kappa shape index (κ1) is 19.4. The average Bonchev–Trinajstić information content (AvgIpc) is 2.49. The summed E-state index contributed by atoms with van der Waals surface area (Å²) in [5.41, 5.74) is 0. The summed E-state index contributed by atoms with van der Waals surface area (Å²) in [5.74, 6) is -2.28. The van der Waals surface area contributed by atoms with Crippen LogP contribution in [0.15, 0.2) is 0 Å². The van der Waals surface area contributed by atoms with Crippen molar-refractivity contribution in [3.05, 3.63) is 0 Å². The fourth-order valence-electron chi connectivity index (χ4n) is 2.12. The van der Waals surface area contributed by atoms with Crippen molar-refractivity contribution in [1.82, 2.24) is 0 Å². The topological polar surface area (TPSA) is 88.1 Å². The van der Waals surface area contributed by atoms with Gasteiger partial charge in [-0.25, -0.2) is 9.18 Å². The molecule has 0 heterocycles. The Morgan fingerprint density at radius 3 is 2.18 bits per heavy atom. The number of ether oxygens (including phenoxy) is 1. The van der Waals surface area contributed by atoms with Crippen LogP contribution in [-0.4, -0.2) is 35.5 Å². The van der Waals surface area contributed by atoms with Crippen molar-refractivity contribution in [2.75, 3.05) is 13.2 Å². The number of aliphatic hydroxyl groups is 1. The number of carbonyl (C=O) groups is 1. The molecule has 0 radical (unpaired) electrons. The van der Waals surface area contributed by atoms with E-state index in [0.717, 1.165) is 0 Å². The van der Waals surface area contributed by atoms with Crippen molar-refractivity contribution >= 4 is 18.0 Å². The number of hydrogen-bond acceptors (Lipinski definition) is 7. The second kappa shape index (κ2) is 8.29. The highest BCUT2D eigenvalue weighted by atomic mass is 32.2. The summed E-state index contributed by atoms with van der Waals surface area (Å²) in [6.45, 7) is -0.352. The summed E-state index contributed by atoms with van der Waals surface area (Å²) in [7, 11) is 0. The minimum absolute atomic E-state index is 0.0251. The lowest BCUT2D eigenvalue weighted by atomic mass is 9.83. The maximum atomic E-state index is 13.7. The highest BCUT2D eigenvalue weighted by Gasteiger charge is 2.65. The van der Waals surface area contributed by atoms with E-state index in [1.165, 1.54) is 0 Å². The molecule has 1 saturated carbocycles. The molecule has 11 heteroatoms. The largest absolute Gasteiger partial charge is 0.691 e. The molecule has 130 valence electrons. The molecule has 0 aromatic carbocycles. The van der Waals surface area contributed by atoms with Gasteiger partial charge in [-0.2, -0.15) is 17.5 Å². The van der Waals surface area contributed by atoms with Crippen LogP contribution in [0.3, 0.4) is 0 Å². The molecule has 1 aliphatic carbocycles. The Kier molecular flexibility index (Phi) is 7.32. The number of carbonyl (C=O) groups excluding carboxylic acids is 1. The maximum Gasteiger partial charge on any atom is 0.446 e. The SMILES string of the molecule is O=C(OCC1CCC(CO)CC1)C(F)(SOO[O-])C(F)(F)F. The minimum atomic E-state index is -5.64. The summed E-state index contributed by atoms with van der Waals surface area (Å²) < 4.78 is 59.2. The van der Waals surface area contributed by atoms with E-state index in [9.17, 15) is 27.6 Å². The number of hydrogen-bond donors (Lipinski definition) is 1. The van der Waals surface area contributed by atoms with Gasteiger partial charge in [0.1, 0.15) is 0 Å².